The molecule has 0 aromatic heterocycles. The second kappa shape index (κ2) is 7.44. The molecule has 0 bridgehead atoms. The number of primary amides is 1. The Kier molecular flexibility index (Phi) is 6.64. The number of hydrogen-bond acceptors (Lipinski definition) is 4. The van der Waals surface area contributed by atoms with Crippen LogP contribution in [0.5, 0.6) is 0 Å². The second-order valence-electron chi connectivity index (χ2n) is 3.36. The summed E-state index contributed by atoms with van der Waals surface area (Å²) in [4.78, 5) is 33.5. The smallest absolute Gasteiger partial charge is 0.332 e. The lowest BCUT2D eigenvalue weighted by atomic mass is 10.2. The first kappa shape index (κ1) is 15.2. The van der Waals surface area contributed by atoms with Crippen molar-refractivity contribution in [3.8, 4) is 0 Å². The van der Waals surface area contributed by atoms with Crippen molar-refractivity contribution in [3.05, 3.63) is 0 Å². The summed E-state index contributed by atoms with van der Waals surface area (Å²) in [6.07, 6.45) is -1.61. The number of aliphatic hydroxyl groups is 1. The zero-order valence-corrected chi connectivity index (χ0v) is 9.55. The molecule has 0 rings (SSSR count). The molecule has 0 aliphatic rings. The molecule has 1 atom stereocenters. The maximum atomic E-state index is 11.4. The maximum absolute atomic E-state index is 11.4. The Hall–Kier alpha value is -1.83. The van der Waals surface area contributed by atoms with E-state index in [4.69, 9.17) is 15.9 Å². The van der Waals surface area contributed by atoms with Gasteiger partial charge in [-0.05, 0) is 6.92 Å². The number of carboxylic acids is 1. The van der Waals surface area contributed by atoms with Crippen molar-refractivity contribution in [2.45, 2.75) is 19.4 Å². The fourth-order valence-electron chi connectivity index (χ4n) is 1.07. The van der Waals surface area contributed by atoms with Gasteiger partial charge in [0.1, 0.15) is 6.54 Å². The van der Waals surface area contributed by atoms with Crippen LogP contribution < -0.4 is 11.1 Å². The van der Waals surface area contributed by atoms with Gasteiger partial charge in [-0.1, -0.05) is 0 Å². The Balaban J connectivity index is 3.98. The van der Waals surface area contributed by atoms with Gasteiger partial charge in [-0.3, -0.25) is 4.79 Å². The normalized spacial score (nSPS) is 11.6. The highest BCUT2D eigenvalue weighted by molar-refractivity contribution is 5.82. The number of aliphatic carboxylic acids is 1. The van der Waals surface area contributed by atoms with E-state index in [0.717, 1.165) is 0 Å². The first-order valence-electron chi connectivity index (χ1n) is 5.10. The molecule has 3 amide bonds. The van der Waals surface area contributed by atoms with Crippen molar-refractivity contribution in [1.29, 1.82) is 0 Å². The minimum atomic E-state index is -1.51. The van der Waals surface area contributed by atoms with Crippen LogP contribution in [0.1, 0.15) is 13.3 Å². The van der Waals surface area contributed by atoms with Crippen molar-refractivity contribution in [3.63, 3.8) is 0 Å². The molecule has 0 aromatic carbocycles. The number of nitrogens with one attached hydrogen (secondary N) is 1. The molecule has 8 heteroatoms. The molecule has 0 saturated heterocycles. The second-order valence-corrected chi connectivity index (χ2v) is 3.36. The summed E-state index contributed by atoms with van der Waals surface area (Å²) in [6.45, 7) is 1.77. The van der Waals surface area contributed by atoms with Gasteiger partial charge in [-0.15, -0.1) is 0 Å². The first-order valence-corrected chi connectivity index (χ1v) is 5.10. The third kappa shape index (κ3) is 6.36. The molecule has 0 aromatic rings. The molecule has 0 saturated carbocycles. The van der Waals surface area contributed by atoms with Crippen LogP contribution in [0.25, 0.3) is 0 Å². The Morgan fingerprint density at radius 1 is 1.41 bits per heavy atom. The lowest BCUT2D eigenvalue weighted by Gasteiger charge is -2.19. The minimum Gasteiger partial charge on any atom is -0.479 e. The fraction of sp³-hybridized carbons (Fsp3) is 0.667. The van der Waals surface area contributed by atoms with Gasteiger partial charge in [-0.25, -0.2) is 9.59 Å². The molecule has 0 radical (unpaired) electrons. The number of likely N-dealkylation sites (N-methyl/N-ethyl adjacent to an activating group) is 1. The van der Waals surface area contributed by atoms with Crippen LogP contribution in [0.15, 0.2) is 0 Å². The molecule has 8 nitrogen and oxygen atoms in total. The van der Waals surface area contributed by atoms with Crippen molar-refractivity contribution in [2.24, 2.45) is 5.73 Å². The van der Waals surface area contributed by atoms with E-state index in [0.29, 0.717) is 6.54 Å². The van der Waals surface area contributed by atoms with Crippen LogP contribution in [0.3, 0.4) is 0 Å². The average Bonchev–Trinajstić information content (AvgIpc) is 2.24. The summed E-state index contributed by atoms with van der Waals surface area (Å²) < 4.78 is 0. The average molecular weight is 247 g/mol. The van der Waals surface area contributed by atoms with Crippen LogP contribution in [0.4, 0.5) is 4.79 Å². The fourth-order valence-corrected chi connectivity index (χ4v) is 1.07. The third-order valence-electron chi connectivity index (χ3n) is 1.99. The quantitative estimate of drug-likeness (QED) is 0.427. The number of hydrogen-bond donors (Lipinski definition) is 4. The van der Waals surface area contributed by atoms with Gasteiger partial charge >= 0.3 is 12.0 Å². The molecule has 5 N–H and O–H groups in total. The molecule has 0 unspecified atom stereocenters. The van der Waals surface area contributed by atoms with E-state index < -0.39 is 24.0 Å². The Morgan fingerprint density at radius 3 is 2.41 bits per heavy atom. The number of aliphatic hydroxyl groups excluding tert-OH is 1. The number of nitrogens with zero attached hydrogens (tertiary/aromatic N) is 1. The topological polar surface area (TPSA) is 133 Å². The SMILES string of the molecule is CCN(CC(N)=O)C(=O)NCC[C@H](O)C(=O)O. The van der Waals surface area contributed by atoms with Crippen LogP contribution in [-0.4, -0.2) is 58.8 Å². The number of urea groups is 1. The number of nitrogens with two attached hydrogens (primary N) is 1. The van der Waals surface area contributed by atoms with Gasteiger partial charge < -0.3 is 26.2 Å². The molecule has 0 spiro atoms. The predicted molar refractivity (Wildman–Crippen MR) is 58.1 cm³/mol. The summed E-state index contributed by atoms with van der Waals surface area (Å²) >= 11 is 0. The summed E-state index contributed by atoms with van der Waals surface area (Å²) in [7, 11) is 0. The van der Waals surface area contributed by atoms with E-state index in [2.05, 4.69) is 5.32 Å². The lowest BCUT2D eigenvalue weighted by molar-refractivity contribution is -0.146. The van der Waals surface area contributed by atoms with Gasteiger partial charge in [0.25, 0.3) is 0 Å². The Bertz CT molecular complexity index is 294. The largest absolute Gasteiger partial charge is 0.479 e. The Labute approximate surface area is 98.4 Å². The van der Waals surface area contributed by atoms with Crippen molar-refractivity contribution >= 4 is 17.9 Å². The highest BCUT2D eigenvalue weighted by Crippen LogP contribution is 1.92. The molecule has 98 valence electrons. The van der Waals surface area contributed by atoms with E-state index in [1.807, 2.05) is 0 Å². The standard InChI is InChI=1S/C9H17N3O5/c1-2-12(5-7(10)14)9(17)11-4-3-6(13)8(15)16/h6,13H,2-5H2,1H3,(H2,10,14)(H,11,17)(H,15,16)/t6-/m0/s1. The highest BCUT2D eigenvalue weighted by atomic mass is 16.4. The van der Waals surface area contributed by atoms with Gasteiger partial charge in [0.15, 0.2) is 6.10 Å². The van der Waals surface area contributed by atoms with E-state index in [1.54, 1.807) is 6.92 Å². The van der Waals surface area contributed by atoms with E-state index >= 15 is 0 Å². The number of carbonyl (C=O) groups is 3. The van der Waals surface area contributed by atoms with Crippen LogP contribution in [-0.2, 0) is 9.59 Å². The zero-order valence-electron chi connectivity index (χ0n) is 9.55. The minimum absolute atomic E-state index is 0.00155. The summed E-state index contributed by atoms with van der Waals surface area (Å²) in [5.41, 5.74) is 4.95. The van der Waals surface area contributed by atoms with Gasteiger partial charge in [0.2, 0.25) is 5.91 Å². The van der Waals surface area contributed by atoms with E-state index in [-0.39, 0.29) is 19.5 Å². The van der Waals surface area contributed by atoms with Crippen LogP contribution in [0.2, 0.25) is 0 Å². The molecule has 0 heterocycles. The molecule has 0 fully saturated rings. The van der Waals surface area contributed by atoms with Gasteiger partial charge in [-0.2, -0.15) is 0 Å². The molecular formula is C9H17N3O5. The number of rotatable bonds is 7. The Morgan fingerprint density at radius 2 is 2.00 bits per heavy atom. The number of amides is 3. The third-order valence-corrected chi connectivity index (χ3v) is 1.99. The first-order chi connectivity index (χ1) is 7.88. The molecule has 0 aliphatic carbocycles. The van der Waals surface area contributed by atoms with Crippen LogP contribution >= 0.6 is 0 Å². The number of carboxylic acid groups (broad SMARTS) is 1. The number of carbonyl (C=O) groups excluding carboxylic acids is 2. The van der Waals surface area contributed by atoms with Crippen molar-refractivity contribution < 1.29 is 24.6 Å². The maximum Gasteiger partial charge on any atom is 0.332 e. The van der Waals surface area contributed by atoms with E-state index in [1.165, 1.54) is 4.90 Å². The van der Waals surface area contributed by atoms with Crippen LogP contribution in [0, 0.1) is 0 Å². The van der Waals surface area contributed by atoms with Gasteiger partial charge in [0.05, 0.1) is 0 Å². The molecule has 0 aliphatic heterocycles. The van der Waals surface area contributed by atoms with Crippen molar-refractivity contribution in [1.82, 2.24) is 10.2 Å². The van der Waals surface area contributed by atoms with Gasteiger partial charge in [0, 0.05) is 19.5 Å². The summed E-state index contributed by atoms with van der Waals surface area (Å²) in [6, 6.07) is -0.524. The lowest BCUT2D eigenvalue weighted by Crippen LogP contribution is -2.45. The van der Waals surface area contributed by atoms with E-state index in [9.17, 15) is 14.4 Å². The molecule has 17 heavy (non-hydrogen) atoms. The highest BCUT2D eigenvalue weighted by Gasteiger charge is 2.16. The zero-order chi connectivity index (χ0) is 13.4. The summed E-state index contributed by atoms with van der Waals surface area (Å²) in [5, 5.41) is 19.7. The predicted octanol–water partition coefficient (Wildman–Crippen LogP) is -1.66. The molecular weight excluding hydrogens is 230 g/mol. The monoisotopic (exact) mass is 247 g/mol. The van der Waals surface area contributed by atoms with Crippen molar-refractivity contribution in [2.75, 3.05) is 19.6 Å². The summed E-state index contributed by atoms with van der Waals surface area (Å²) in [5.74, 6) is -1.98.